The predicted octanol–water partition coefficient (Wildman–Crippen LogP) is 2.54. The minimum absolute atomic E-state index is 0.0793. The normalized spacial score (nSPS) is 11.7. The molecule has 0 amide bonds. The number of aliphatic hydroxyl groups is 1. The van der Waals surface area contributed by atoms with E-state index < -0.39 is 10.0 Å². The van der Waals surface area contributed by atoms with Gasteiger partial charge in [0.2, 0.25) is 16.0 Å². The molecule has 4 aromatic rings. The number of nitrogens with zero attached hydrogens (tertiary/aromatic N) is 4. The van der Waals surface area contributed by atoms with Crippen LogP contribution in [-0.4, -0.2) is 65.5 Å². The molecule has 12 heteroatoms. The molecule has 178 valence electrons. The fraction of sp³-hybridized carbons (Fsp3) is 0.227. The van der Waals surface area contributed by atoms with Crippen molar-refractivity contribution in [2.24, 2.45) is 0 Å². The van der Waals surface area contributed by atoms with Crippen LogP contribution >= 0.6 is 11.8 Å². The number of benzene rings is 1. The molecule has 0 bridgehead atoms. The molecular weight excluding hydrogens is 476 g/mol. The van der Waals surface area contributed by atoms with Crippen molar-refractivity contribution < 1.29 is 18.3 Å². The van der Waals surface area contributed by atoms with Gasteiger partial charge in [-0.15, -0.1) is 11.8 Å². The van der Waals surface area contributed by atoms with Gasteiger partial charge in [-0.25, -0.2) is 28.1 Å². The number of thioether (sulfide) groups is 1. The zero-order valence-electron chi connectivity index (χ0n) is 18.4. The maximum absolute atomic E-state index is 12.3. The van der Waals surface area contributed by atoms with Gasteiger partial charge in [-0.1, -0.05) is 6.07 Å². The SMILES string of the molecule is COCCNS(=O)(=O)c1ccc(Nc2nccc(-c3cnc4cccc(SCCO)n34)n2)cc1. The Kier molecular flexibility index (Phi) is 7.75. The summed E-state index contributed by atoms with van der Waals surface area (Å²) in [5.74, 6) is 0.933. The lowest BCUT2D eigenvalue weighted by atomic mass is 10.3. The molecule has 0 atom stereocenters. The maximum atomic E-state index is 12.3. The third kappa shape index (κ3) is 5.54. The molecule has 3 N–H and O–H groups in total. The fourth-order valence-corrected chi connectivity index (χ4v) is 5.03. The highest BCUT2D eigenvalue weighted by Gasteiger charge is 2.14. The third-order valence-corrected chi connectivity index (χ3v) is 7.25. The number of pyridine rings is 1. The van der Waals surface area contributed by atoms with Gasteiger partial charge >= 0.3 is 0 Å². The van der Waals surface area contributed by atoms with Gasteiger partial charge in [-0.05, 0) is 42.5 Å². The summed E-state index contributed by atoms with van der Waals surface area (Å²) >= 11 is 1.53. The molecule has 3 heterocycles. The minimum atomic E-state index is -3.61. The van der Waals surface area contributed by atoms with E-state index in [1.807, 2.05) is 22.6 Å². The zero-order valence-corrected chi connectivity index (χ0v) is 20.0. The number of ether oxygens (including phenoxy) is 1. The van der Waals surface area contributed by atoms with E-state index >= 15 is 0 Å². The number of nitrogens with one attached hydrogen (secondary N) is 2. The molecule has 0 unspecified atom stereocenters. The summed E-state index contributed by atoms with van der Waals surface area (Å²) in [6, 6.07) is 13.9. The van der Waals surface area contributed by atoms with Crippen molar-refractivity contribution in [3.8, 4) is 11.4 Å². The lowest BCUT2D eigenvalue weighted by Crippen LogP contribution is -2.27. The fourth-order valence-electron chi connectivity index (χ4n) is 3.22. The molecular formula is C22H24N6O4S2. The summed E-state index contributed by atoms with van der Waals surface area (Å²) in [6.45, 7) is 0.569. The summed E-state index contributed by atoms with van der Waals surface area (Å²) in [5, 5.41) is 13.3. The average Bonchev–Trinajstić information content (AvgIpc) is 3.28. The van der Waals surface area contributed by atoms with Crippen LogP contribution in [0.25, 0.3) is 17.0 Å². The molecule has 10 nitrogen and oxygen atoms in total. The van der Waals surface area contributed by atoms with Crippen molar-refractivity contribution in [3.63, 3.8) is 0 Å². The van der Waals surface area contributed by atoms with Crippen LogP contribution in [0.5, 0.6) is 0 Å². The highest BCUT2D eigenvalue weighted by molar-refractivity contribution is 7.99. The van der Waals surface area contributed by atoms with Crippen molar-refractivity contribution in [1.29, 1.82) is 0 Å². The number of anilines is 2. The molecule has 0 fully saturated rings. The smallest absolute Gasteiger partial charge is 0.240 e. The topological polar surface area (TPSA) is 131 Å². The number of hydrogen-bond donors (Lipinski definition) is 3. The molecule has 34 heavy (non-hydrogen) atoms. The average molecular weight is 501 g/mol. The first kappa shape index (κ1) is 24.1. The number of aliphatic hydroxyl groups excluding tert-OH is 1. The summed E-state index contributed by atoms with van der Waals surface area (Å²) in [6.07, 6.45) is 3.40. The lowest BCUT2D eigenvalue weighted by Gasteiger charge is -2.10. The van der Waals surface area contributed by atoms with Crippen molar-refractivity contribution in [2.45, 2.75) is 9.92 Å². The van der Waals surface area contributed by atoms with Crippen LogP contribution in [0.3, 0.4) is 0 Å². The standard InChI is InChI=1S/C22H24N6O4S2/c1-32-13-11-25-34(30,31)17-7-5-16(6-8-17)26-22-23-10-9-18(27-22)19-15-24-20-3-2-4-21(28(19)20)33-14-12-29/h2-10,15,25,29H,11-14H2,1H3,(H,23,26,27). The summed E-state index contributed by atoms with van der Waals surface area (Å²) in [5.41, 5.74) is 2.89. The minimum Gasteiger partial charge on any atom is -0.396 e. The third-order valence-electron chi connectivity index (χ3n) is 4.77. The first-order chi connectivity index (χ1) is 16.5. The van der Waals surface area contributed by atoms with E-state index in [9.17, 15) is 13.5 Å². The van der Waals surface area contributed by atoms with Crippen LogP contribution < -0.4 is 10.0 Å². The van der Waals surface area contributed by atoms with Gasteiger partial charge in [0.1, 0.15) is 5.65 Å². The Bertz CT molecular complexity index is 1360. The number of rotatable bonds is 11. The van der Waals surface area contributed by atoms with Crippen LogP contribution in [0.2, 0.25) is 0 Å². The molecule has 1 aromatic carbocycles. The maximum Gasteiger partial charge on any atom is 0.240 e. The molecule has 0 saturated heterocycles. The van der Waals surface area contributed by atoms with Crippen molar-refractivity contribution in [1.82, 2.24) is 24.1 Å². The molecule has 4 rings (SSSR count). The van der Waals surface area contributed by atoms with Gasteiger partial charge in [0.05, 0.1) is 40.7 Å². The predicted molar refractivity (Wildman–Crippen MR) is 131 cm³/mol. The number of hydrogen-bond acceptors (Lipinski definition) is 9. The van der Waals surface area contributed by atoms with E-state index in [0.717, 1.165) is 16.4 Å². The molecule has 0 aliphatic rings. The van der Waals surface area contributed by atoms with Gasteiger partial charge in [-0.2, -0.15) is 0 Å². The van der Waals surface area contributed by atoms with Gasteiger partial charge < -0.3 is 15.2 Å². The molecule has 0 saturated carbocycles. The number of methoxy groups -OCH3 is 1. The Hall–Kier alpha value is -3.03. The monoisotopic (exact) mass is 500 g/mol. The highest BCUT2D eigenvalue weighted by Crippen LogP contribution is 2.27. The summed E-state index contributed by atoms with van der Waals surface area (Å²) < 4.78 is 34.0. The van der Waals surface area contributed by atoms with Gasteiger partial charge in [0.15, 0.2) is 0 Å². The van der Waals surface area contributed by atoms with Crippen LogP contribution in [0, 0.1) is 0 Å². The van der Waals surface area contributed by atoms with Gasteiger partial charge in [0.25, 0.3) is 0 Å². The largest absolute Gasteiger partial charge is 0.396 e. The second-order valence-corrected chi connectivity index (χ2v) is 9.96. The molecule has 3 aromatic heterocycles. The molecule has 0 aliphatic carbocycles. The number of imidazole rings is 1. The van der Waals surface area contributed by atoms with E-state index in [1.54, 1.807) is 30.6 Å². The quantitative estimate of drug-likeness (QED) is 0.210. The highest BCUT2D eigenvalue weighted by atomic mass is 32.2. The Morgan fingerprint density at radius 1 is 1.12 bits per heavy atom. The molecule has 0 radical (unpaired) electrons. The van der Waals surface area contributed by atoms with Gasteiger partial charge in [0, 0.05) is 31.3 Å². The Balaban J connectivity index is 1.55. The molecule has 0 aliphatic heterocycles. The zero-order chi connectivity index (χ0) is 24.0. The van der Waals surface area contributed by atoms with Crippen LogP contribution in [0.4, 0.5) is 11.6 Å². The van der Waals surface area contributed by atoms with Crippen LogP contribution in [-0.2, 0) is 14.8 Å². The van der Waals surface area contributed by atoms with Crippen molar-refractivity contribution in [2.75, 3.05) is 37.9 Å². The molecule has 0 spiro atoms. The van der Waals surface area contributed by atoms with E-state index in [1.165, 1.54) is 31.0 Å². The second-order valence-electron chi connectivity index (χ2n) is 7.08. The van der Waals surface area contributed by atoms with Crippen molar-refractivity contribution in [3.05, 3.63) is 60.9 Å². The number of fused-ring (bicyclic) bond motifs is 1. The summed E-state index contributed by atoms with van der Waals surface area (Å²) in [7, 11) is -2.10. The van der Waals surface area contributed by atoms with Crippen LogP contribution in [0.1, 0.15) is 0 Å². The Labute approximate surface area is 201 Å². The van der Waals surface area contributed by atoms with E-state index in [-0.39, 0.29) is 18.0 Å². The van der Waals surface area contributed by atoms with Crippen LogP contribution in [0.15, 0.2) is 70.8 Å². The number of aromatic nitrogens is 4. The first-order valence-electron chi connectivity index (χ1n) is 10.4. The lowest BCUT2D eigenvalue weighted by molar-refractivity contribution is 0.204. The van der Waals surface area contributed by atoms with Crippen molar-refractivity contribution >= 4 is 39.1 Å². The van der Waals surface area contributed by atoms with Gasteiger partial charge in [-0.3, -0.25) is 4.40 Å². The number of sulfonamides is 1. The van der Waals surface area contributed by atoms with E-state index in [4.69, 9.17) is 4.74 Å². The Morgan fingerprint density at radius 3 is 2.71 bits per heavy atom. The van der Waals surface area contributed by atoms with E-state index in [2.05, 4.69) is 25.0 Å². The second kappa shape index (κ2) is 10.9. The Morgan fingerprint density at radius 2 is 1.94 bits per heavy atom. The first-order valence-corrected chi connectivity index (χ1v) is 12.9. The summed E-state index contributed by atoms with van der Waals surface area (Å²) in [4.78, 5) is 13.5. The van der Waals surface area contributed by atoms with E-state index in [0.29, 0.717) is 29.7 Å².